The van der Waals surface area contributed by atoms with E-state index in [-0.39, 0.29) is 17.9 Å². The average molecular weight is 352 g/mol. The molecule has 21 heavy (non-hydrogen) atoms. The van der Waals surface area contributed by atoms with Crippen LogP contribution in [0.15, 0.2) is 40.9 Å². The number of fused-ring (bicyclic) bond motifs is 1. The highest BCUT2D eigenvalue weighted by Gasteiger charge is 2.27. The molecule has 1 aliphatic heterocycles. The van der Waals surface area contributed by atoms with Crippen molar-refractivity contribution in [3.8, 4) is 11.5 Å². The molecule has 2 aromatic rings. The minimum Gasteiger partial charge on any atom is -0.494 e. The summed E-state index contributed by atoms with van der Waals surface area (Å²) in [6.07, 6.45) is 0.351. The number of rotatable bonds is 2. The van der Waals surface area contributed by atoms with Gasteiger partial charge in [0.25, 0.3) is 0 Å². The van der Waals surface area contributed by atoms with E-state index >= 15 is 0 Å². The molecule has 0 radical (unpaired) electrons. The van der Waals surface area contributed by atoms with Gasteiger partial charge in [0.2, 0.25) is 0 Å². The summed E-state index contributed by atoms with van der Waals surface area (Å²) in [6.45, 7) is 0. The maximum absolute atomic E-state index is 13.8. The molecule has 2 aromatic carbocycles. The van der Waals surface area contributed by atoms with Crippen molar-refractivity contribution < 1.29 is 13.9 Å². The second kappa shape index (κ2) is 5.66. The predicted octanol–water partition coefficient (Wildman–Crippen LogP) is 4.12. The molecule has 110 valence electrons. The third kappa shape index (κ3) is 2.76. The quantitative estimate of drug-likeness (QED) is 0.884. The van der Waals surface area contributed by atoms with Crippen molar-refractivity contribution in [1.82, 2.24) is 0 Å². The standard InChI is InChI=1S/C16H15BrFNO2/c1-20-15-4-2-9(6-12(15)18)16-8-13(19)11-7-10(17)3-5-14(11)21-16/h2-7,13,16H,8,19H2,1H3. The second-order valence-corrected chi connectivity index (χ2v) is 5.94. The van der Waals surface area contributed by atoms with E-state index in [2.05, 4.69) is 15.9 Å². The molecule has 1 aliphatic rings. The van der Waals surface area contributed by atoms with Gasteiger partial charge in [-0.3, -0.25) is 0 Å². The van der Waals surface area contributed by atoms with Gasteiger partial charge in [-0.2, -0.15) is 0 Å². The Hall–Kier alpha value is -1.59. The van der Waals surface area contributed by atoms with Crippen molar-refractivity contribution in [2.45, 2.75) is 18.6 Å². The van der Waals surface area contributed by atoms with E-state index in [0.717, 1.165) is 21.3 Å². The zero-order valence-electron chi connectivity index (χ0n) is 11.5. The first kappa shape index (κ1) is 14.4. The van der Waals surface area contributed by atoms with Gasteiger partial charge in [0, 0.05) is 22.5 Å². The van der Waals surface area contributed by atoms with Crippen LogP contribution in [0.1, 0.15) is 29.7 Å². The fourth-order valence-corrected chi connectivity index (χ4v) is 2.94. The first-order valence-corrected chi connectivity index (χ1v) is 7.43. The summed E-state index contributed by atoms with van der Waals surface area (Å²) in [6, 6.07) is 10.5. The summed E-state index contributed by atoms with van der Waals surface area (Å²) in [7, 11) is 1.44. The van der Waals surface area contributed by atoms with E-state index in [4.69, 9.17) is 15.2 Å². The third-order valence-corrected chi connectivity index (χ3v) is 4.15. The second-order valence-electron chi connectivity index (χ2n) is 5.02. The first-order chi connectivity index (χ1) is 10.1. The maximum atomic E-state index is 13.8. The molecule has 2 unspecified atom stereocenters. The summed E-state index contributed by atoms with van der Waals surface area (Å²) in [5.41, 5.74) is 7.95. The monoisotopic (exact) mass is 351 g/mol. The highest BCUT2D eigenvalue weighted by atomic mass is 79.9. The number of benzene rings is 2. The highest BCUT2D eigenvalue weighted by Crippen LogP contribution is 2.41. The molecule has 5 heteroatoms. The lowest BCUT2D eigenvalue weighted by Crippen LogP contribution is -2.24. The lowest BCUT2D eigenvalue weighted by molar-refractivity contribution is 0.161. The maximum Gasteiger partial charge on any atom is 0.165 e. The Morgan fingerprint density at radius 2 is 2.10 bits per heavy atom. The Morgan fingerprint density at radius 3 is 2.81 bits per heavy atom. The summed E-state index contributed by atoms with van der Waals surface area (Å²) in [4.78, 5) is 0. The Kier molecular flexibility index (Phi) is 3.87. The van der Waals surface area contributed by atoms with Crippen molar-refractivity contribution in [1.29, 1.82) is 0 Å². The van der Waals surface area contributed by atoms with Gasteiger partial charge >= 0.3 is 0 Å². The third-order valence-electron chi connectivity index (χ3n) is 3.66. The van der Waals surface area contributed by atoms with Crippen LogP contribution < -0.4 is 15.2 Å². The van der Waals surface area contributed by atoms with Crippen LogP contribution in [0.4, 0.5) is 4.39 Å². The molecule has 0 saturated carbocycles. The van der Waals surface area contributed by atoms with Gasteiger partial charge in [0.15, 0.2) is 11.6 Å². The summed E-state index contributed by atoms with van der Waals surface area (Å²) in [5, 5.41) is 0. The van der Waals surface area contributed by atoms with Gasteiger partial charge in [0.1, 0.15) is 11.9 Å². The zero-order chi connectivity index (χ0) is 15.0. The smallest absolute Gasteiger partial charge is 0.165 e. The van der Waals surface area contributed by atoms with Gasteiger partial charge in [-0.25, -0.2) is 4.39 Å². The van der Waals surface area contributed by atoms with Crippen molar-refractivity contribution in [2.75, 3.05) is 7.11 Å². The fraction of sp³-hybridized carbons (Fsp3) is 0.250. The summed E-state index contributed by atoms with van der Waals surface area (Å²) in [5.74, 6) is 0.579. The van der Waals surface area contributed by atoms with Crippen LogP contribution in [0.5, 0.6) is 11.5 Å². The van der Waals surface area contributed by atoms with Crippen molar-refractivity contribution in [3.05, 3.63) is 57.8 Å². The van der Waals surface area contributed by atoms with E-state index in [1.54, 1.807) is 6.07 Å². The lowest BCUT2D eigenvalue weighted by atomic mass is 9.93. The first-order valence-electron chi connectivity index (χ1n) is 6.63. The van der Waals surface area contributed by atoms with Crippen molar-refractivity contribution in [3.63, 3.8) is 0 Å². The van der Waals surface area contributed by atoms with E-state index in [9.17, 15) is 4.39 Å². The van der Waals surface area contributed by atoms with Crippen molar-refractivity contribution >= 4 is 15.9 Å². The van der Waals surface area contributed by atoms with E-state index in [0.29, 0.717) is 6.42 Å². The molecule has 3 nitrogen and oxygen atoms in total. The minimum absolute atomic E-state index is 0.138. The van der Waals surface area contributed by atoms with Crippen molar-refractivity contribution in [2.24, 2.45) is 5.73 Å². The van der Waals surface area contributed by atoms with Gasteiger partial charge in [-0.05, 0) is 35.9 Å². The highest BCUT2D eigenvalue weighted by molar-refractivity contribution is 9.10. The number of methoxy groups -OCH3 is 1. The molecule has 0 amide bonds. The minimum atomic E-state index is -0.395. The van der Waals surface area contributed by atoms with Gasteiger partial charge < -0.3 is 15.2 Å². The summed E-state index contributed by atoms with van der Waals surface area (Å²) < 4.78 is 25.7. The normalized spacial score (nSPS) is 20.6. The lowest BCUT2D eigenvalue weighted by Gasteiger charge is -2.30. The molecule has 0 aromatic heterocycles. The topological polar surface area (TPSA) is 44.5 Å². The Balaban J connectivity index is 1.92. The molecule has 1 heterocycles. The van der Waals surface area contributed by atoms with E-state index in [1.807, 2.05) is 24.3 Å². The van der Waals surface area contributed by atoms with Crippen LogP contribution in [0.2, 0.25) is 0 Å². The fourth-order valence-electron chi connectivity index (χ4n) is 2.56. The summed E-state index contributed by atoms with van der Waals surface area (Å²) >= 11 is 3.43. The molecule has 0 fully saturated rings. The Morgan fingerprint density at radius 1 is 1.29 bits per heavy atom. The van der Waals surface area contributed by atoms with E-state index in [1.165, 1.54) is 13.2 Å². The number of hydrogen-bond acceptors (Lipinski definition) is 3. The molecular weight excluding hydrogens is 337 g/mol. The van der Waals surface area contributed by atoms with Crippen LogP contribution >= 0.6 is 15.9 Å². The molecule has 0 saturated heterocycles. The SMILES string of the molecule is COc1ccc(C2CC(N)c3cc(Br)ccc3O2)cc1F. The van der Waals surface area contributed by atoms with E-state index < -0.39 is 5.82 Å². The molecule has 0 aliphatic carbocycles. The van der Waals surface area contributed by atoms with Crippen LogP contribution in [0.25, 0.3) is 0 Å². The van der Waals surface area contributed by atoms with Crippen LogP contribution in [-0.2, 0) is 0 Å². The van der Waals surface area contributed by atoms with Gasteiger partial charge in [-0.15, -0.1) is 0 Å². The molecule has 0 bridgehead atoms. The van der Waals surface area contributed by atoms with Crippen LogP contribution in [-0.4, -0.2) is 7.11 Å². The Labute approximate surface area is 131 Å². The van der Waals surface area contributed by atoms with Crippen LogP contribution in [0.3, 0.4) is 0 Å². The van der Waals surface area contributed by atoms with Crippen LogP contribution in [0, 0.1) is 5.82 Å². The largest absolute Gasteiger partial charge is 0.494 e. The van der Waals surface area contributed by atoms with Gasteiger partial charge in [0.05, 0.1) is 7.11 Å². The number of nitrogens with two attached hydrogens (primary N) is 1. The number of hydrogen-bond donors (Lipinski definition) is 1. The number of ether oxygens (including phenoxy) is 2. The molecule has 2 atom stereocenters. The number of halogens is 2. The average Bonchev–Trinajstić information content (AvgIpc) is 2.47. The Bertz CT molecular complexity index is 677. The molecular formula is C16H15BrFNO2. The molecule has 0 spiro atoms. The molecule has 2 N–H and O–H groups in total. The van der Waals surface area contributed by atoms with Gasteiger partial charge in [-0.1, -0.05) is 22.0 Å². The predicted molar refractivity (Wildman–Crippen MR) is 82.0 cm³/mol. The molecule has 3 rings (SSSR count). The zero-order valence-corrected chi connectivity index (χ0v) is 13.1.